The van der Waals surface area contributed by atoms with Gasteiger partial charge in [0.2, 0.25) is 0 Å². The summed E-state index contributed by atoms with van der Waals surface area (Å²) in [6.45, 7) is 6.85. The Hall–Kier alpha value is -2.78. The van der Waals surface area contributed by atoms with Crippen molar-refractivity contribution in [3.63, 3.8) is 0 Å². The summed E-state index contributed by atoms with van der Waals surface area (Å²) < 4.78 is 32.3. The van der Waals surface area contributed by atoms with Crippen molar-refractivity contribution in [2.45, 2.75) is 51.3 Å². The van der Waals surface area contributed by atoms with Gasteiger partial charge in [0.1, 0.15) is 18.2 Å². The number of methoxy groups -OCH3 is 2. The van der Waals surface area contributed by atoms with Gasteiger partial charge in [-0.1, -0.05) is 52.8 Å². The lowest BCUT2D eigenvalue weighted by molar-refractivity contribution is 0.277. The number of benzene rings is 3. The lowest BCUT2D eigenvalue weighted by Crippen LogP contribution is -2.33. The van der Waals surface area contributed by atoms with Crippen molar-refractivity contribution < 1.29 is 18.6 Å². The molecular formula is C30H37FNO3P. The third-order valence-electron chi connectivity index (χ3n) is 7.08. The van der Waals surface area contributed by atoms with Gasteiger partial charge in [-0.3, -0.25) is 0 Å². The Bertz CT molecular complexity index is 1150. The summed E-state index contributed by atoms with van der Waals surface area (Å²) in [5.74, 6) is 1.94. The topological polar surface area (TPSA) is 30.9 Å². The molecule has 3 aromatic carbocycles. The molecule has 4 rings (SSSR count). The Morgan fingerprint density at radius 2 is 1.69 bits per heavy atom. The van der Waals surface area contributed by atoms with E-state index in [4.69, 9.17) is 14.2 Å². The fourth-order valence-electron chi connectivity index (χ4n) is 4.79. The Balaban J connectivity index is 1.75. The second-order valence-electron chi connectivity index (χ2n) is 9.50. The van der Waals surface area contributed by atoms with Crippen LogP contribution in [0.3, 0.4) is 0 Å². The minimum atomic E-state index is -0.268. The number of nitrogens with zero attached hydrogens (tertiary/aromatic N) is 1. The molecule has 192 valence electrons. The molecule has 1 aliphatic rings. The van der Waals surface area contributed by atoms with E-state index >= 15 is 0 Å². The molecule has 3 aromatic rings. The second-order valence-corrected chi connectivity index (χ2v) is 11.4. The van der Waals surface area contributed by atoms with Crippen LogP contribution in [0.25, 0.3) is 0 Å². The van der Waals surface area contributed by atoms with E-state index in [1.165, 1.54) is 11.7 Å². The van der Waals surface area contributed by atoms with E-state index in [2.05, 4.69) is 36.9 Å². The van der Waals surface area contributed by atoms with Gasteiger partial charge in [-0.2, -0.15) is 0 Å². The third-order valence-corrected chi connectivity index (χ3v) is 8.95. The van der Waals surface area contributed by atoms with E-state index in [0.717, 1.165) is 60.7 Å². The van der Waals surface area contributed by atoms with E-state index in [0.29, 0.717) is 20.9 Å². The lowest BCUT2D eigenvalue weighted by Gasteiger charge is -2.35. The highest BCUT2D eigenvalue weighted by Gasteiger charge is 2.33. The SMILES string of the molecule is CCC(C)(Pc1ccc(F)cc1N1CCCCC1)c1cc(OC)cc(OC)c1OCc1ccccc1. The summed E-state index contributed by atoms with van der Waals surface area (Å²) in [6, 6.07) is 19.4. The van der Waals surface area contributed by atoms with Crippen LogP contribution in [-0.2, 0) is 11.8 Å². The molecule has 6 heteroatoms. The highest BCUT2D eigenvalue weighted by Crippen LogP contribution is 2.52. The summed E-state index contributed by atoms with van der Waals surface area (Å²) in [7, 11) is 3.74. The summed E-state index contributed by atoms with van der Waals surface area (Å²) in [5, 5.41) is 0.911. The molecule has 0 aromatic heterocycles. The van der Waals surface area contributed by atoms with Crippen LogP contribution in [0.5, 0.6) is 17.2 Å². The van der Waals surface area contributed by atoms with Crippen LogP contribution in [0.4, 0.5) is 10.1 Å². The first kappa shape index (κ1) is 26.3. The molecule has 0 bridgehead atoms. The van der Waals surface area contributed by atoms with Crippen LogP contribution in [0, 0.1) is 5.82 Å². The van der Waals surface area contributed by atoms with Gasteiger partial charge in [0.05, 0.1) is 14.2 Å². The quantitative estimate of drug-likeness (QED) is 0.274. The zero-order valence-corrected chi connectivity index (χ0v) is 22.8. The third kappa shape index (κ3) is 5.95. The van der Waals surface area contributed by atoms with Gasteiger partial charge in [0, 0.05) is 35.6 Å². The first-order valence-electron chi connectivity index (χ1n) is 12.7. The smallest absolute Gasteiger partial charge is 0.166 e. The summed E-state index contributed by atoms with van der Waals surface area (Å²) >= 11 is 0. The van der Waals surface area contributed by atoms with Gasteiger partial charge in [-0.25, -0.2) is 4.39 Å². The highest BCUT2D eigenvalue weighted by molar-refractivity contribution is 7.49. The van der Waals surface area contributed by atoms with Gasteiger partial charge in [0.25, 0.3) is 0 Å². The van der Waals surface area contributed by atoms with Gasteiger partial charge in [0.15, 0.2) is 11.5 Å². The minimum Gasteiger partial charge on any atom is -0.497 e. The average molecular weight is 510 g/mol. The van der Waals surface area contributed by atoms with E-state index in [1.807, 2.05) is 30.3 Å². The van der Waals surface area contributed by atoms with Crippen LogP contribution < -0.4 is 24.4 Å². The number of halogens is 1. The van der Waals surface area contributed by atoms with Crippen LogP contribution in [0.2, 0.25) is 0 Å². The Labute approximate surface area is 216 Å². The van der Waals surface area contributed by atoms with Crippen molar-refractivity contribution in [1.29, 1.82) is 0 Å². The van der Waals surface area contributed by atoms with Crippen molar-refractivity contribution in [1.82, 2.24) is 0 Å². The van der Waals surface area contributed by atoms with Crippen molar-refractivity contribution in [2.24, 2.45) is 0 Å². The van der Waals surface area contributed by atoms with E-state index in [-0.39, 0.29) is 11.0 Å². The standard InChI is InChI=1S/C30H37FNO3P/c1-5-30(2,36-28-15-14-23(31)18-26(28)32-16-10-7-11-17-32)25-19-24(33-3)20-27(34-4)29(25)35-21-22-12-8-6-9-13-22/h6,8-9,12-15,18-20,36H,5,7,10-11,16-17,21H2,1-4H3. The molecule has 1 aliphatic heterocycles. The summed E-state index contributed by atoms with van der Waals surface area (Å²) in [4.78, 5) is 2.35. The number of hydrogen-bond donors (Lipinski definition) is 0. The number of piperidine rings is 1. The first-order valence-corrected chi connectivity index (χ1v) is 13.7. The normalized spacial score (nSPS) is 15.6. The largest absolute Gasteiger partial charge is 0.497 e. The van der Waals surface area contributed by atoms with E-state index < -0.39 is 0 Å². The number of rotatable bonds is 10. The zero-order valence-electron chi connectivity index (χ0n) is 21.8. The molecule has 1 fully saturated rings. The van der Waals surface area contributed by atoms with Crippen LogP contribution >= 0.6 is 8.58 Å². The number of hydrogen-bond acceptors (Lipinski definition) is 4. The summed E-state index contributed by atoms with van der Waals surface area (Å²) in [5.41, 5.74) is 3.16. The van der Waals surface area contributed by atoms with E-state index in [9.17, 15) is 4.39 Å². The van der Waals surface area contributed by atoms with Crippen molar-refractivity contribution in [3.05, 3.63) is 77.6 Å². The Kier molecular flexibility index (Phi) is 8.74. The maximum absolute atomic E-state index is 14.4. The highest BCUT2D eigenvalue weighted by atomic mass is 31.1. The minimum absolute atomic E-state index is 0.183. The van der Waals surface area contributed by atoms with Gasteiger partial charge in [-0.05, 0) is 60.8 Å². The Morgan fingerprint density at radius 1 is 0.944 bits per heavy atom. The molecule has 0 amide bonds. The maximum Gasteiger partial charge on any atom is 0.166 e. The predicted molar refractivity (Wildman–Crippen MR) is 148 cm³/mol. The zero-order chi connectivity index (χ0) is 25.5. The van der Waals surface area contributed by atoms with Gasteiger partial charge >= 0.3 is 0 Å². The second kappa shape index (κ2) is 12.0. The van der Waals surface area contributed by atoms with Gasteiger partial charge < -0.3 is 19.1 Å². The number of anilines is 1. The molecule has 1 heterocycles. The molecule has 4 nitrogen and oxygen atoms in total. The molecule has 0 radical (unpaired) electrons. The predicted octanol–water partition coefficient (Wildman–Crippen LogP) is 7.04. The van der Waals surface area contributed by atoms with Crippen molar-refractivity contribution in [3.8, 4) is 17.2 Å². The molecule has 1 saturated heterocycles. The van der Waals surface area contributed by atoms with Crippen molar-refractivity contribution in [2.75, 3.05) is 32.2 Å². The molecule has 0 saturated carbocycles. The molecular weight excluding hydrogens is 472 g/mol. The molecule has 0 spiro atoms. The van der Waals surface area contributed by atoms with Crippen LogP contribution in [0.15, 0.2) is 60.7 Å². The van der Waals surface area contributed by atoms with Crippen LogP contribution in [-0.4, -0.2) is 27.3 Å². The number of ether oxygens (including phenoxy) is 3. The molecule has 2 atom stereocenters. The Morgan fingerprint density at radius 3 is 2.36 bits per heavy atom. The fourth-order valence-corrected chi connectivity index (χ4v) is 6.40. The molecule has 0 aliphatic carbocycles. The fraction of sp³-hybridized carbons (Fsp3) is 0.400. The van der Waals surface area contributed by atoms with Crippen molar-refractivity contribution >= 4 is 19.6 Å². The first-order chi connectivity index (χ1) is 17.5. The van der Waals surface area contributed by atoms with E-state index in [1.54, 1.807) is 26.4 Å². The molecule has 36 heavy (non-hydrogen) atoms. The monoisotopic (exact) mass is 509 g/mol. The molecule has 2 unspecified atom stereocenters. The average Bonchev–Trinajstić information content (AvgIpc) is 2.93. The van der Waals surface area contributed by atoms with Gasteiger partial charge in [-0.15, -0.1) is 0 Å². The molecule has 0 N–H and O–H groups in total. The lowest BCUT2D eigenvalue weighted by atomic mass is 9.95. The maximum atomic E-state index is 14.4. The van der Waals surface area contributed by atoms with Crippen LogP contribution in [0.1, 0.15) is 50.7 Å². The summed E-state index contributed by atoms with van der Waals surface area (Å²) in [6.07, 6.45) is 4.41.